The minimum Gasteiger partial charge on any atom is -0.388 e. The Morgan fingerprint density at radius 3 is 2.68 bits per heavy atom. The van der Waals surface area contributed by atoms with E-state index in [9.17, 15) is 14.3 Å². The number of hydrogen-bond donors (Lipinski definition) is 2. The number of carbonyl (C=O) groups excluding carboxylic acids is 1. The third-order valence-electron chi connectivity index (χ3n) is 2.92. The number of rotatable bonds is 5. The molecule has 0 heterocycles. The molecule has 1 rings (SSSR count). The van der Waals surface area contributed by atoms with E-state index in [1.807, 2.05) is 13.8 Å². The fraction of sp³-hybridized carbons (Fsp3) is 0.533. The highest BCUT2D eigenvalue weighted by atomic mass is 19.1. The second kappa shape index (κ2) is 6.15. The SMILES string of the molecule is Cc1ccc(F)cc1C(=O)NCC(C)(O)CC(C)C. The van der Waals surface area contributed by atoms with Crippen molar-refractivity contribution < 1.29 is 14.3 Å². The first-order valence-corrected chi connectivity index (χ1v) is 6.48. The van der Waals surface area contributed by atoms with Crippen molar-refractivity contribution >= 4 is 5.91 Å². The van der Waals surface area contributed by atoms with E-state index in [0.29, 0.717) is 23.5 Å². The lowest BCUT2D eigenvalue weighted by atomic mass is 9.94. The number of nitrogens with one attached hydrogen (secondary N) is 1. The summed E-state index contributed by atoms with van der Waals surface area (Å²) in [5.74, 6) is -0.464. The summed E-state index contributed by atoms with van der Waals surface area (Å²) >= 11 is 0. The van der Waals surface area contributed by atoms with E-state index in [2.05, 4.69) is 5.32 Å². The molecule has 19 heavy (non-hydrogen) atoms. The van der Waals surface area contributed by atoms with Crippen LogP contribution in [0.15, 0.2) is 18.2 Å². The molecule has 0 saturated heterocycles. The lowest BCUT2D eigenvalue weighted by Gasteiger charge is -2.25. The lowest BCUT2D eigenvalue weighted by molar-refractivity contribution is 0.0368. The molecule has 2 N–H and O–H groups in total. The Labute approximate surface area is 113 Å². The van der Waals surface area contributed by atoms with Crippen LogP contribution in [0.5, 0.6) is 0 Å². The predicted molar refractivity (Wildman–Crippen MR) is 73.5 cm³/mol. The van der Waals surface area contributed by atoms with Gasteiger partial charge in [0.2, 0.25) is 0 Å². The van der Waals surface area contributed by atoms with Gasteiger partial charge in [-0.25, -0.2) is 4.39 Å². The van der Waals surface area contributed by atoms with Crippen molar-refractivity contribution in [3.63, 3.8) is 0 Å². The quantitative estimate of drug-likeness (QED) is 0.861. The van der Waals surface area contributed by atoms with Gasteiger partial charge in [0.05, 0.1) is 5.60 Å². The third-order valence-corrected chi connectivity index (χ3v) is 2.92. The molecule has 1 aromatic carbocycles. The minimum absolute atomic E-state index is 0.153. The Hall–Kier alpha value is -1.42. The fourth-order valence-electron chi connectivity index (χ4n) is 2.16. The van der Waals surface area contributed by atoms with Crippen molar-refractivity contribution in [2.24, 2.45) is 5.92 Å². The molecule has 1 unspecified atom stereocenters. The van der Waals surface area contributed by atoms with Gasteiger partial charge in [0.15, 0.2) is 0 Å². The van der Waals surface area contributed by atoms with Crippen LogP contribution in [0.1, 0.15) is 43.1 Å². The molecule has 1 amide bonds. The van der Waals surface area contributed by atoms with Crippen LogP contribution in [0.25, 0.3) is 0 Å². The highest BCUT2D eigenvalue weighted by Crippen LogP contribution is 2.16. The van der Waals surface area contributed by atoms with Crippen LogP contribution in [0.2, 0.25) is 0 Å². The summed E-state index contributed by atoms with van der Waals surface area (Å²) < 4.78 is 13.1. The second-order valence-corrected chi connectivity index (χ2v) is 5.74. The van der Waals surface area contributed by atoms with Gasteiger partial charge in [-0.1, -0.05) is 19.9 Å². The summed E-state index contributed by atoms with van der Waals surface area (Å²) in [6, 6.07) is 4.10. The standard InChI is InChI=1S/C15H22FNO2/c1-10(2)8-15(4,19)9-17-14(18)13-7-12(16)6-5-11(13)3/h5-7,10,19H,8-9H2,1-4H3,(H,17,18). The number of benzene rings is 1. The van der Waals surface area contributed by atoms with Gasteiger partial charge in [0.25, 0.3) is 5.91 Å². The van der Waals surface area contributed by atoms with Crippen LogP contribution in [-0.4, -0.2) is 23.2 Å². The van der Waals surface area contributed by atoms with Gasteiger partial charge in [0.1, 0.15) is 5.82 Å². The molecule has 0 aliphatic heterocycles. The molecule has 0 radical (unpaired) electrons. The molecule has 0 fully saturated rings. The van der Waals surface area contributed by atoms with Gasteiger partial charge in [-0.15, -0.1) is 0 Å². The van der Waals surface area contributed by atoms with E-state index in [-0.39, 0.29) is 12.5 Å². The molecule has 0 aliphatic carbocycles. The molecular weight excluding hydrogens is 245 g/mol. The summed E-state index contributed by atoms with van der Waals surface area (Å²) in [5.41, 5.74) is 0.0631. The zero-order valence-corrected chi connectivity index (χ0v) is 12.0. The Bertz CT molecular complexity index is 455. The highest BCUT2D eigenvalue weighted by molar-refractivity contribution is 5.95. The first-order chi connectivity index (χ1) is 8.71. The molecule has 1 aromatic rings. The third kappa shape index (κ3) is 4.99. The summed E-state index contributed by atoms with van der Waals surface area (Å²) in [7, 11) is 0. The Balaban J connectivity index is 2.68. The van der Waals surface area contributed by atoms with E-state index in [4.69, 9.17) is 0 Å². The van der Waals surface area contributed by atoms with Gasteiger partial charge in [-0.05, 0) is 43.9 Å². The van der Waals surface area contributed by atoms with Crippen molar-refractivity contribution in [2.45, 2.75) is 39.7 Å². The largest absolute Gasteiger partial charge is 0.388 e. The van der Waals surface area contributed by atoms with E-state index < -0.39 is 11.4 Å². The summed E-state index contributed by atoms with van der Waals surface area (Å²) in [6.07, 6.45) is 0.593. The normalized spacial score (nSPS) is 14.3. The molecule has 0 bridgehead atoms. The highest BCUT2D eigenvalue weighted by Gasteiger charge is 2.23. The van der Waals surface area contributed by atoms with Crippen LogP contribution in [0.4, 0.5) is 4.39 Å². The molecule has 0 aromatic heterocycles. The van der Waals surface area contributed by atoms with E-state index in [1.165, 1.54) is 12.1 Å². The number of halogens is 1. The molecule has 106 valence electrons. The molecular formula is C15H22FNO2. The first-order valence-electron chi connectivity index (χ1n) is 6.48. The Kier molecular flexibility index (Phi) is 5.06. The summed E-state index contributed by atoms with van der Waals surface area (Å²) in [5, 5.41) is 12.8. The van der Waals surface area contributed by atoms with E-state index in [0.717, 1.165) is 0 Å². The number of amides is 1. The van der Waals surface area contributed by atoms with Crippen LogP contribution >= 0.6 is 0 Å². The van der Waals surface area contributed by atoms with E-state index in [1.54, 1.807) is 19.9 Å². The van der Waals surface area contributed by atoms with Crippen molar-refractivity contribution in [2.75, 3.05) is 6.54 Å². The summed E-state index contributed by atoms with van der Waals surface area (Å²) in [6.45, 7) is 7.60. The average Bonchev–Trinajstić information content (AvgIpc) is 2.27. The minimum atomic E-state index is -0.953. The van der Waals surface area contributed by atoms with Crippen molar-refractivity contribution in [1.29, 1.82) is 0 Å². The molecule has 0 spiro atoms. The van der Waals surface area contributed by atoms with Crippen LogP contribution in [-0.2, 0) is 0 Å². The lowest BCUT2D eigenvalue weighted by Crippen LogP contribution is -2.41. The van der Waals surface area contributed by atoms with Gasteiger partial charge in [-0.2, -0.15) is 0 Å². The maximum absolute atomic E-state index is 13.1. The van der Waals surface area contributed by atoms with Crippen LogP contribution < -0.4 is 5.32 Å². The Morgan fingerprint density at radius 1 is 1.47 bits per heavy atom. The fourth-order valence-corrected chi connectivity index (χ4v) is 2.16. The first kappa shape index (κ1) is 15.6. The van der Waals surface area contributed by atoms with Gasteiger partial charge < -0.3 is 10.4 Å². The molecule has 4 heteroatoms. The molecule has 3 nitrogen and oxygen atoms in total. The second-order valence-electron chi connectivity index (χ2n) is 5.74. The smallest absolute Gasteiger partial charge is 0.251 e. The van der Waals surface area contributed by atoms with Crippen molar-refractivity contribution in [1.82, 2.24) is 5.32 Å². The number of aryl methyl sites for hydroxylation is 1. The van der Waals surface area contributed by atoms with Gasteiger partial charge >= 0.3 is 0 Å². The van der Waals surface area contributed by atoms with E-state index >= 15 is 0 Å². The number of aliphatic hydroxyl groups is 1. The van der Waals surface area contributed by atoms with Gasteiger partial charge in [-0.3, -0.25) is 4.79 Å². The Morgan fingerprint density at radius 2 is 2.11 bits per heavy atom. The zero-order valence-electron chi connectivity index (χ0n) is 12.0. The number of carbonyl (C=O) groups is 1. The molecule has 0 aliphatic rings. The average molecular weight is 267 g/mol. The maximum atomic E-state index is 13.1. The predicted octanol–water partition coefficient (Wildman–Crippen LogP) is 2.66. The van der Waals surface area contributed by atoms with Crippen molar-refractivity contribution in [3.05, 3.63) is 35.1 Å². The van der Waals surface area contributed by atoms with Crippen LogP contribution in [0.3, 0.4) is 0 Å². The topological polar surface area (TPSA) is 49.3 Å². The number of hydrogen-bond acceptors (Lipinski definition) is 2. The summed E-state index contributed by atoms with van der Waals surface area (Å²) in [4.78, 5) is 12.0. The monoisotopic (exact) mass is 267 g/mol. The molecule has 1 atom stereocenters. The van der Waals surface area contributed by atoms with Gasteiger partial charge in [0, 0.05) is 12.1 Å². The maximum Gasteiger partial charge on any atom is 0.251 e. The molecule has 0 saturated carbocycles. The van der Waals surface area contributed by atoms with Crippen LogP contribution in [0, 0.1) is 18.7 Å². The van der Waals surface area contributed by atoms with Crippen molar-refractivity contribution in [3.8, 4) is 0 Å². The zero-order chi connectivity index (χ0) is 14.6.